The Labute approximate surface area is 179 Å². The van der Waals surface area contributed by atoms with E-state index in [1.54, 1.807) is 11.2 Å². The molecule has 0 unspecified atom stereocenters. The number of carbonyl (C=O) groups is 2. The monoisotopic (exact) mass is 429 g/mol. The van der Waals surface area contributed by atoms with Crippen LogP contribution >= 0.6 is 0 Å². The van der Waals surface area contributed by atoms with Crippen molar-refractivity contribution < 1.29 is 19.4 Å². The molecule has 2 aromatic heterocycles. The number of nitrogens with zero attached hydrogens (tertiary/aromatic N) is 5. The van der Waals surface area contributed by atoms with Crippen LogP contribution in [0.15, 0.2) is 12.7 Å². The van der Waals surface area contributed by atoms with Crippen molar-refractivity contribution in [3.8, 4) is 0 Å². The molecule has 31 heavy (non-hydrogen) atoms. The number of ether oxygens (including phenoxy) is 1. The Bertz CT molecular complexity index is 1030. The van der Waals surface area contributed by atoms with E-state index in [2.05, 4.69) is 20.3 Å². The van der Waals surface area contributed by atoms with Gasteiger partial charge in [0, 0.05) is 25.9 Å². The van der Waals surface area contributed by atoms with E-state index in [-0.39, 0.29) is 17.9 Å². The summed E-state index contributed by atoms with van der Waals surface area (Å²) in [5.41, 5.74) is 5.42. The van der Waals surface area contributed by atoms with Crippen LogP contribution in [0.3, 0.4) is 0 Å². The number of aliphatic hydroxyl groups is 1. The number of imidazole rings is 1. The van der Waals surface area contributed by atoms with Crippen molar-refractivity contribution in [1.29, 1.82) is 0 Å². The van der Waals surface area contributed by atoms with Gasteiger partial charge in [-0.15, -0.1) is 0 Å². The number of piperidine rings is 1. The van der Waals surface area contributed by atoms with Gasteiger partial charge in [0.2, 0.25) is 11.8 Å². The number of likely N-dealkylation sites (tertiary alicyclic amines) is 1. The van der Waals surface area contributed by atoms with Crippen molar-refractivity contribution in [1.82, 2.24) is 29.7 Å². The predicted octanol–water partition coefficient (Wildman–Crippen LogP) is -0.239. The molecule has 1 spiro atoms. The molecule has 3 aliphatic rings. The Hall–Kier alpha value is -2.79. The van der Waals surface area contributed by atoms with Gasteiger partial charge in [0.05, 0.1) is 30.2 Å². The highest BCUT2D eigenvalue weighted by molar-refractivity contribution is 5.90. The summed E-state index contributed by atoms with van der Waals surface area (Å²) in [4.78, 5) is 38.5. The summed E-state index contributed by atoms with van der Waals surface area (Å²) in [5.74, 6) is 0.207. The van der Waals surface area contributed by atoms with Gasteiger partial charge in [-0.1, -0.05) is 0 Å². The number of amides is 2. The standard InChI is InChI=1S/C20H27N7O4/c1-19(30)9-20(4-6-26(7-5-20)18(29)12-2-3-14(28)25-12)31-8-13(19)27-11-24-15-16(21)22-10-23-17(15)27/h10-13,30H,2-9H2,1H3,(H,25,28)(H2,21,22,23)/t12-,13+,19+/m0/s1. The summed E-state index contributed by atoms with van der Waals surface area (Å²) in [6.45, 7) is 3.20. The van der Waals surface area contributed by atoms with Crippen LogP contribution in [0.4, 0.5) is 5.82 Å². The highest BCUT2D eigenvalue weighted by Gasteiger charge is 2.50. The van der Waals surface area contributed by atoms with Crippen LogP contribution in [-0.2, 0) is 14.3 Å². The fraction of sp³-hybridized carbons (Fsp3) is 0.650. The summed E-state index contributed by atoms with van der Waals surface area (Å²) >= 11 is 0. The Balaban J connectivity index is 1.28. The maximum absolute atomic E-state index is 12.7. The van der Waals surface area contributed by atoms with Crippen LogP contribution in [-0.4, -0.2) is 78.3 Å². The zero-order chi connectivity index (χ0) is 21.8. The number of aromatic nitrogens is 4. The van der Waals surface area contributed by atoms with E-state index in [9.17, 15) is 14.7 Å². The smallest absolute Gasteiger partial charge is 0.245 e. The van der Waals surface area contributed by atoms with E-state index >= 15 is 0 Å². The average molecular weight is 429 g/mol. The van der Waals surface area contributed by atoms with Crippen LogP contribution in [0.25, 0.3) is 11.2 Å². The number of anilines is 1. The van der Waals surface area contributed by atoms with Crippen LogP contribution in [0.5, 0.6) is 0 Å². The lowest BCUT2D eigenvalue weighted by atomic mass is 9.75. The number of nitrogens with one attached hydrogen (secondary N) is 1. The molecule has 3 aliphatic heterocycles. The molecule has 2 aromatic rings. The second kappa shape index (κ2) is 7.13. The Morgan fingerprint density at radius 2 is 2.10 bits per heavy atom. The first-order valence-corrected chi connectivity index (χ1v) is 10.7. The molecule has 5 rings (SSSR count). The molecule has 0 radical (unpaired) electrons. The van der Waals surface area contributed by atoms with E-state index in [1.807, 2.05) is 11.5 Å². The maximum atomic E-state index is 12.7. The van der Waals surface area contributed by atoms with Crippen molar-refractivity contribution in [3.05, 3.63) is 12.7 Å². The molecule has 166 valence electrons. The normalized spacial score (nSPS) is 30.6. The van der Waals surface area contributed by atoms with Crippen molar-refractivity contribution >= 4 is 28.8 Å². The van der Waals surface area contributed by atoms with Crippen LogP contribution in [0.2, 0.25) is 0 Å². The third-order valence-corrected chi connectivity index (χ3v) is 6.95. The third kappa shape index (κ3) is 3.41. The molecule has 4 N–H and O–H groups in total. The zero-order valence-electron chi connectivity index (χ0n) is 17.5. The zero-order valence-corrected chi connectivity index (χ0v) is 17.5. The molecule has 11 nitrogen and oxygen atoms in total. The van der Waals surface area contributed by atoms with Gasteiger partial charge >= 0.3 is 0 Å². The molecule has 0 saturated carbocycles. The molecular formula is C20H27N7O4. The third-order valence-electron chi connectivity index (χ3n) is 6.95. The van der Waals surface area contributed by atoms with Gasteiger partial charge in [-0.3, -0.25) is 9.59 Å². The number of nitrogens with two attached hydrogens (primary N) is 1. The largest absolute Gasteiger partial charge is 0.388 e. The lowest BCUT2D eigenvalue weighted by molar-refractivity contribution is -0.197. The summed E-state index contributed by atoms with van der Waals surface area (Å²) in [5, 5.41) is 14.1. The van der Waals surface area contributed by atoms with Gasteiger partial charge in [0.25, 0.3) is 0 Å². The number of fused-ring (bicyclic) bond motifs is 1. The number of carbonyl (C=O) groups excluding carboxylic acids is 2. The van der Waals surface area contributed by atoms with Crippen LogP contribution in [0, 0.1) is 0 Å². The van der Waals surface area contributed by atoms with E-state index in [0.29, 0.717) is 68.8 Å². The molecule has 3 atom stereocenters. The second-order valence-electron chi connectivity index (χ2n) is 9.11. The fourth-order valence-electron chi connectivity index (χ4n) is 5.21. The molecule has 0 aliphatic carbocycles. The average Bonchev–Trinajstić information content (AvgIpc) is 3.35. The Morgan fingerprint density at radius 1 is 1.32 bits per heavy atom. The minimum Gasteiger partial charge on any atom is -0.388 e. The van der Waals surface area contributed by atoms with E-state index in [1.165, 1.54) is 6.33 Å². The van der Waals surface area contributed by atoms with Crippen LogP contribution in [0.1, 0.15) is 45.1 Å². The SMILES string of the molecule is C[C@@]1(O)CC2(CCN(C(=O)[C@@H]3CCC(=O)N3)CC2)OC[C@H]1n1cnc2c(N)ncnc21. The molecule has 5 heterocycles. The van der Waals surface area contributed by atoms with Crippen molar-refractivity contribution in [3.63, 3.8) is 0 Å². The summed E-state index contributed by atoms with van der Waals surface area (Å²) in [6.07, 6.45) is 5.68. The highest BCUT2D eigenvalue weighted by atomic mass is 16.5. The van der Waals surface area contributed by atoms with Crippen molar-refractivity contribution in [2.24, 2.45) is 0 Å². The number of nitrogen functional groups attached to an aromatic ring is 1. The molecule has 3 saturated heterocycles. The quantitative estimate of drug-likeness (QED) is 0.592. The van der Waals surface area contributed by atoms with Gasteiger partial charge in [-0.05, 0) is 26.2 Å². The number of hydrogen-bond acceptors (Lipinski definition) is 8. The fourth-order valence-corrected chi connectivity index (χ4v) is 5.21. The first-order valence-electron chi connectivity index (χ1n) is 10.7. The molecule has 3 fully saturated rings. The van der Waals surface area contributed by atoms with Gasteiger partial charge < -0.3 is 30.4 Å². The highest BCUT2D eigenvalue weighted by Crippen LogP contribution is 2.44. The lowest BCUT2D eigenvalue weighted by Crippen LogP contribution is -2.59. The number of rotatable bonds is 2. The van der Waals surface area contributed by atoms with Crippen LogP contribution < -0.4 is 11.1 Å². The predicted molar refractivity (Wildman–Crippen MR) is 110 cm³/mol. The number of hydrogen-bond donors (Lipinski definition) is 3. The molecule has 0 aromatic carbocycles. The first kappa shape index (κ1) is 20.1. The summed E-state index contributed by atoms with van der Waals surface area (Å²) < 4.78 is 8.14. The topological polar surface area (TPSA) is 148 Å². The molecule has 2 amide bonds. The van der Waals surface area contributed by atoms with Gasteiger partial charge in [0.1, 0.15) is 17.9 Å². The van der Waals surface area contributed by atoms with E-state index in [4.69, 9.17) is 10.5 Å². The summed E-state index contributed by atoms with van der Waals surface area (Å²) in [7, 11) is 0. The molecular weight excluding hydrogens is 402 g/mol. The molecule has 11 heteroatoms. The lowest BCUT2D eigenvalue weighted by Gasteiger charge is -2.51. The van der Waals surface area contributed by atoms with E-state index < -0.39 is 17.2 Å². The van der Waals surface area contributed by atoms with Crippen molar-refractivity contribution in [2.45, 2.75) is 62.3 Å². The molecule has 0 bridgehead atoms. The Morgan fingerprint density at radius 3 is 2.77 bits per heavy atom. The minimum absolute atomic E-state index is 0.0247. The first-order chi connectivity index (χ1) is 14.8. The van der Waals surface area contributed by atoms with Gasteiger partial charge in [-0.2, -0.15) is 0 Å². The van der Waals surface area contributed by atoms with Gasteiger partial charge in [0.15, 0.2) is 11.5 Å². The van der Waals surface area contributed by atoms with E-state index in [0.717, 1.165) is 0 Å². The summed E-state index contributed by atoms with van der Waals surface area (Å²) in [6, 6.07) is -0.781. The van der Waals surface area contributed by atoms with Crippen molar-refractivity contribution in [2.75, 3.05) is 25.4 Å². The Kier molecular flexibility index (Phi) is 4.63. The second-order valence-corrected chi connectivity index (χ2v) is 9.11. The minimum atomic E-state index is -1.06. The maximum Gasteiger partial charge on any atom is 0.245 e. The van der Waals surface area contributed by atoms with Gasteiger partial charge in [-0.25, -0.2) is 15.0 Å².